The maximum absolute atomic E-state index is 12.6. The Morgan fingerprint density at radius 3 is 2.48 bits per heavy atom. The van der Waals surface area contributed by atoms with Gasteiger partial charge in [0.15, 0.2) is 5.79 Å². The first-order chi connectivity index (χ1) is 11.8. The summed E-state index contributed by atoms with van der Waals surface area (Å²) in [5, 5.41) is 0. The largest absolute Gasteiger partial charge is 0.491 e. The monoisotopic (exact) mass is 358 g/mol. The van der Waals surface area contributed by atoms with Gasteiger partial charge >= 0.3 is 0 Å². The van der Waals surface area contributed by atoms with Crippen molar-refractivity contribution in [1.82, 2.24) is 0 Å². The topological polar surface area (TPSA) is 61.8 Å². The number of ether oxygens (including phenoxy) is 3. The Balaban J connectivity index is 1.73. The van der Waals surface area contributed by atoms with Crippen molar-refractivity contribution in [3.8, 4) is 5.75 Å². The molecule has 0 spiro atoms. The second-order valence-corrected chi connectivity index (χ2v) is 8.23. The van der Waals surface area contributed by atoms with Crippen molar-refractivity contribution in [3.05, 3.63) is 48.5 Å². The molecule has 0 aromatic heterocycles. The van der Waals surface area contributed by atoms with Gasteiger partial charge in [-0.15, -0.1) is 0 Å². The van der Waals surface area contributed by atoms with E-state index in [1.165, 1.54) is 12.1 Å². The molecule has 2 aromatic carbocycles. The van der Waals surface area contributed by atoms with E-state index in [1.54, 1.807) is 36.4 Å². The van der Waals surface area contributed by atoms with E-state index in [4.69, 9.17) is 22.1 Å². The number of benzene rings is 2. The van der Waals surface area contributed by atoms with Crippen molar-refractivity contribution in [2.75, 3.05) is 13.2 Å². The zero-order valence-corrected chi connectivity index (χ0v) is 15.0. The Morgan fingerprint density at radius 2 is 1.88 bits per heavy atom. The molecule has 1 aliphatic heterocycles. The fraction of sp³-hybridized carbons (Fsp3) is 0.333. The maximum Gasteiger partial charge on any atom is 0.206 e. The van der Waals surface area contributed by atoms with E-state index >= 15 is 0 Å². The highest BCUT2D eigenvalue weighted by atomic mass is 32.2. The molecule has 0 aliphatic carbocycles. The zero-order chi connectivity index (χ0) is 18.1. The summed E-state index contributed by atoms with van der Waals surface area (Å²) in [6.07, 6.45) is -0.192. The van der Waals surface area contributed by atoms with E-state index in [1.807, 2.05) is 13.8 Å². The van der Waals surface area contributed by atoms with E-state index in [2.05, 4.69) is 0 Å². The minimum absolute atomic E-state index is 0.130. The standard InChI is InChI=1S/C18H19BO5S/c1-18(2)23-12-13(24-18)11-22-17-9-8-15(10-16(17)19)25(20,21)14-6-4-3-5-7-14/h3-10,13H,11-12H2,1-2H3. The molecule has 1 unspecified atom stereocenters. The van der Waals surface area contributed by atoms with Gasteiger partial charge in [-0.3, -0.25) is 0 Å². The van der Waals surface area contributed by atoms with Gasteiger partial charge in [0.25, 0.3) is 0 Å². The number of hydrogen-bond acceptors (Lipinski definition) is 5. The summed E-state index contributed by atoms with van der Waals surface area (Å²) in [5.41, 5.74) is 0.259. The molecule has 130 valence electrons. The third-order valence-electron chi connectivity index (χ3n) is 3.84. The lowest BCUT2D eigenvalue weighted by molar-refractivity contribution is -0.141. The highest BCUT2D eigenvalue weighted by Gasteiger charge is 2.33. The summed E-state index contributed by atoms with van der Waals surface area (Å²) < 4.78 is 42.0. The van der Waals surface area contributed by atoms with Crippen molar-refractivity contribution in [3.63, 3.8) is 0 Å². The summed E-state index contributed by atoms with van der Waals surface area (Å²) in [7, 11) is 2.37. The van der Waals surface area contributed by atoms with Crippen LogP contribution in [0.2, 0.25) is 0 Å². The molecule has 1 saturated heterocycles. The second-order valence-electron chi connectivity index (χ2n) is 6.28. The average molecular weight is 358 g/mol. The van der Waals surface area contributed by atoms with Crippen LogP contribution in [-0.4, -0.2) is 41.4 Å². The predicted octanol–water partition coefficient (Wildman–Crippen LogP) is 1.84. The van der Waals surface area contributed by atoms with Gasteiger partial charge in [-0.25, -0.2) is 8.42 Å². The van der Waals surface area contributed by atoms with Crippen molar-refractivity contribution in [2.24, 2.45) is 0 Å². The first kappa shape index (κ1) is 18.0. The van der Waals surface area contributed by atoms with Crippen LogP contribution in [0.25, 0.3) is 0 Å². The Bertz CT molecular complexity index is 849. The Hall–Kier alpha value is -1.83. The molecule has 0 amide bonds. The predicted molar refractivity (Wildman–Crippen MR) is 94.1 cm³/mol. The van der Waals surface area contributed by atoms with Crippen molar-refractivity contribution >= 4 is 23.1 Å². The smallest absolute Gasteiger partial charge is 0.206 e. The van der Waals surface area contributed by atoms with Gasteiger partial charge in [-0.2, -0.15) is 0 Å². The van der Waals surface area contributed by atoms with Gasteiger partial charge in [0, 0.05) is 0 Å². The molecular weight excluding hydrogens is 339 g/mol. The molecule has 0 saturated carbocycles. The molecule has 0 bridgehead atoms. The quantitative estimate of drug-likeness (QED) is 0.764. The molecule has 1 atom stereocenters. The van der Waals surface area contributed by atoms with Crippen LogP contribution in [0.1, 0.15) is 13.8 Å². The molecule has 1 fully saturated rings. The van der Waals surface area contributed by atoms with E-state index in [-0.39, 0.29) is 28.0 Å². The molecule has 1 heterocycles. The second kappa shape index (κ2) is 6.82. The zero-order valence-electron chi connectivity index (χ0n) is 14.1. The van der Waals surface area contributed by atoms with Crippen molar-refractivity contribution in [2.45, 2.75) is 35.5 Å². The molecule has 7 heteroatoms. The summed E-state index contributed by atoms with van der Waals surface area (Å²) in [5.74, 6) is -0.201. The maximum atomic E-state index is 12.6. The molecular formula is C18H19BO5S. The van der Waals surface area contributed by atoms with Crippen LogP contribution >= 0.6 is 0 Å². The van der Waals surface area contributed by atoms with Gasteiger partial charge in [-0.05, 0) is 44.2 Å². The lowest BCUT2D eigenvalue weighted by Crippen LogP contribution is -2.26. The minimum atomic E-state index is -3.60. The molecule has 5 nitrogen and oxygen atoms in total. The fourth-order valence-electron chi connectivity index (χ4n) is 2.59. The lowest BCUT2D eigenvalue weighted by atomic mass is 9.95. The Kier molecular flexibility index (Phi) is 4.91. The molecule has 25 heavy (non-hydrogen) atoms. The van der Waals surface area contributed by atoms with E-state index in [0.29, 0.717) is 12.4 Å². The van der Waals surface area contributed by atoms with Crippen LogP contribution < -0.4 is 10.2 Å². The third-order valence-corrected chi connectivity index (χ3v) is 5.60. The van der Waals surface area contributed by atoms with Gasteiger partial charge < -0.3 is 14.2 Å². The number of hydrogen-bond donors (Lipinski definition) is 0. The van der Waals surface area contributed by atoms with E-state index < -0.39 is 15.6 Å². The first-order valence-corrected chi connectivity index (χ1v) is 9.40. The summed E-state index contributed by atoms with van der Waals surface area (Å²) in [6.45, 7) is 4.39. The van der Waals surface area contributed by atoms with Gasteiger partial charge in [0.2, 0.25) is 9.84 Å². The van der Waals surface area contributed by atoms with Crippen molar-refractivity contribution in [1.29, 1.82) is 0 Å². The summed E-state index contributed by atoms with van der Waals surface area (Å²) >= 11 is 0. The first-order valence-electron chi connectivity index (χ1n) is 7.92. The van der Waals surface area contributed by atoms with Gasteiger partial charge in [-0.1, -0.05) is 23.7 Å². The fourth-order valence-corrected chi connectivity index (χ4v) is 3.91. The minimum Gasteiger partial charge on any atom is -0.491 e. The van der Waals surface area contributed by atoms with Crippen LogP contribution in [-0.2, 0) is 19.3 Å². The average Bonchev–Trinajstić information content (AvgIpc) is 2.93. The molecule has 2 aromatic rings. The summed E-state index contributed by atoms with van der Waals surface area (Å²) in [4.78, 5) is 0.354. The molecule has 2 radical (unpaired) electrons. The van der Waals surface area contributed by atoms with Crippen LogP contribution in [0.3, 0.4) is 0 Å². The van der Waals surface area contributed by atoms with Gasteiger partial charge in [0.1, 0.15) is 26.3 Å². The van der Waals surface area contributed by atoms with Crippen LogP contribution in [0.15, 0.2) is 58.3 Å². The third kappa shape index (κ3) is 4.06. The Morgan fingerprint density at radius 1 is 1.16 bits per heavy atom. The molecule has 1 aliphatic rings. The Labute approximate surface area is 149 Å². The van der Waals surface area contributed by atoms with E-state index in [9.17, 15) is 8.42 Å². The lowest BCUT2D eigenvalue weighted by Gasteiger charge is -2.18. The van der Waals surface area contributed by atoms with Crippen LogP contribution in [0.4, 0.5) is 0 Å². The molecule has 0 N–H and O–H groups in total. The van der Waals surface area contributed by atoms with Gasteiger partial charge in [0.05, 0.1) is 16.4 Å². The number of sulfone groups is 1. The highest BCUT2D eigenvalue weighted by Crippen LogP contribution is 2.24. The van der Waals surface area contributed by atoms with E-state index in [0.717, 1.165) is 0 Å². The summed E-state index contributed by atoms with van der Waals surface area (Å²) in [6, 6.07) is 12.7. The van der Waals surface area contributed by atoms with Crippen molar-refractivity contribution < 1.29 is 22.6 Å². The van der Waals surface area contributed by atoms with Crippen LogP contribution in [0.5, 0.6) is 5.75 Å². The van der Waals surface area contributed by atoms with Crippen LogP contribution in [0, 0.1) is 0 Å². The normalized spacial score (nSPS) is 19.7. The molecule has 3 rings (SSSR count). The SMILES string of the molecule is [B]c1cc(S(=O)(=O)c2ccccc2)ccc1OCC1COC(C)(C)O1. The highest BCUT2D eigenvalue weighted by molar-refractivity contribution is 7.91. The number of rotatable bonds is 5.